The molecule has 0 aliphatic heterocycles. The van der Waals surface area contributed by atoms with Crippen LogP contribution in [0.15, 0.2) is 5.34 Å². The van der Waals surface area contributed by atoms with Gasteiger partial charge in [-0.25, -0.2) is 0 Å². The minimum Gasteiger partial charge on any atom is -0.480 e. The van der Waals surface area contributed by atoms with E-state index >= 15 is 0 Å². The SMILES string of the molecule is CCN.NCCCCCN.NCCCC[C@H](N)C(=O)O.O=NO.O=[N+]([O-])O. The van der Waals surface area contributed by atoms with Gasteiger partial charge < -0.3 is 44.2 Å². The summed E-state index contributed by atoms with van der Waals surface area (Å²) in [5.41, 5.74) is 25.7. The van der Waals surface area contributed by atoms with Crippen LogP contribution < -0.4 is 28.7 Å². The molecule has 166 valence electrons. The van der Waals surface area contributed by atoms with Gasteiger partial charge in [0.1, 0.15) is 6.04 Å². The Balaban J connectivity index is -0.0000000826. The van der Waals surface area contributed by atoms with E-state index in [4.69, 9.17) is 59.2 Å². The molecule has 0 amide bonds. The lowest BCUT2D eigenvalue weighted by Crippen LogP contribution is -2.29. The quantitative estimate of drug-likeness (QED) is 0.103. The maximum absolute atomic E-state index is 10.1. The standard InChI is InChI=1S/C6H14N2O2.C5H14N2.C2H7N.HNO3.HNO2/c7-4-2-1-3-5(8)6(9)10;6-4-2-1-3-5-7;1-2-3;2-1(3)4;2-1-3/h5H,1-4,7-8H2,(H,9,10);1-7H2;2-3H2,1H3;(H,2,3,4);(H,2,3)/t5-;;;;/m0..../s1. The minimum absolute atomic E-state index is 0.520. The molecule has 1 atom stereocenters. The third-order valence-corrected chi connectivity index (χ3v) is 2.19. The van der Waals surface area contributed by atoms with Crippen molar-refractivity contribution in [2.75, 3.05) is 26.2 Å². The van der Waals surface area contributed by atoms with Crippen LogP contribution in [0.25, 0.3) is 0 Å². The molecule has 0 bridgehead atoms. The average molecular weight is 403 g/mol. The summed E-state index contributed by atoms with van der Waals surface area (Å²) in [5, 5.41) is 29.9. The molecule has 0 heterocycles. The highest BCUT2D eigenvalue weighted by Gasteiger charge is 2.09. The summed E-state index contributed by atoms with van der Waals surface area (Å²) in [6.45, 7) is 4.87. The van der Waals surface area contributed by atoms with Crippen LogP contribution in [0.5, 0.6) is 0 Å². The molecule has 14 heteroatoms. The highest BCUT2D eigenvalue weighted by molar-refractivity contribution is 5.72. The predicted octanol–water partition coefficient (Wildman–Crippen LogP) is -0.639. The molecule has 0 aromatic rings. The number of nitrogens with two attached hydrogens (primary N) is 5. The summed E-state index contributed by atoms with van der Waals surface area (Å²) < 4.78 is 0. The Hall–Kier alpha value is -2.13. The first kappa shape index (κ1) is 35.9. The van der Waals surface area contributed by atoms with E-state index in [2.05, 4.69) is 0 Å². The molecule has 0 fully saturated rings. The van der Waals surface area contributed by atoms with E-state index in [9.17, 15) is 4.79 Å². The predicted molar refractivity (Wildman–Crippen MR) is 102 cm³/mol. The van der Waals surface area contributed by atoms with Gasteiger partial charge in [-0.2, -0.15) is 0 Å². The largest absolute Gasteiger partial charge is 0.480 e. The Bertz CT molecular complexity index is 292. The Morgan fingerprint density at radius 2 is 1.30 bits per heavy atom. The number of unbranched alkanes of at least 4 members (excludes halogenated alkanes) is 3. The van der Waals surface area contributed by atoms with Crippen molar-refractivity contribution in [2.45, 2.75) is 51.5 Å². The molecule has 13 N–H and O–H groups in total. The zero-order valence-corrected chi connectivity index (χ0v) is 15.9. The van der Waals surface area contributed by atoms with Crippen molar-refractivity contribution in [1.29, 1.82) is 0 Å². The van der Waals surface area contributed by atoms with Gasteiger partial charge in [-0.05, 0) is 51.9 Å². The molecule has 0 aromatic carbocycles. The van der Waals surface area contributed by atoms with Crippen LogP contribution >= 0.6 is 0 Å². The monoisotopic (exact) mass is 403 g/mol. The molecule has 0 unspecified atom stereocenters. The lowest BCUT2D eigenvalue weighted by atomic mass is 10.1. The second-order valence-corrected chi connectivity index (χ2v) is 4.59. The van der Waals surface area contributed by atoms with Crippen LogP contribution in [0.4, 0.5) is 0 Å². The third-order valence-electron chi connectivity index (χ3n) is 2.19. The topological polar surface area (TPSA) is 280 Å². The zero-order valence-electron chi connectivity index (χ0n) is 15.9. The minimum atomic E-state index is -1.50. The van der Waals surface area contributed by atoms with Crippen molar-refractivity contribution >= 4 is 5.97 Å². The molecule has 0 saturated heterocycles. The Labute approximate surface area is 159 Å². The summed E-state index contributed by atoms with van der Waals surface area (Å²) in [4.78, 5) is 26.6. The maximum Gasteiger partial charge on any atom is 0.320 e. The lowest BCUT2D eigenvalue weighted by molar-refractivity contribution is -0.742. The molecule has 27 heavy (non-hydrogen) atoms. The van der Waals surface area contributed by atoms with Gasteiger partial charge in [0.2, 0.25) is 0 Å². The highest BCUT2D eigenvalue weighted by atomic mass is 16.9. The van der Waals surface area contributed by atoms with Crippen LogP contribution in [0.2, 0.25) is 0 Å². The number of carboxylic acid groups (broad SMARTS) is 1. The van der Waals surface area contributed by atoms with Crippen LogP contribution in [0.3, 0.4) is 0 Å². The van der Waals surface area contributed by atoms with Gasteiger partial charge in [0.25, 0.3) is 5.09 Å². The van der Waals surface area contributed by atoms with Crippen molar-refractivity contribution in [3.05, 3.63) is 15.0 Å². The fraction of sp³-hybridized carbons (Fsp3) is 0.923. The first-order valence-electron chi connectivity index (χ1n) is 8.25. The fourth-order valence-electron chi connectivity index (χ4n) is 1.10. The number of rotatable bonds is 9. The van der Waals surface area contributed by atoms with Crippen LogP contribution in [0.1, 0.15) is 45.4 Å². The summed E-state index contributed by atoms with van der Waals surface area (Å²) >= 11 is 0. The molecule has 0 aliphatic carbocycles. The smallest absolute Gasteiger partial charge is 0.320 e. The summed E-state index contributed by atoms with van der Waals surface area (Å²) in [6, 6.07) is -0.716. The van der Waals surface area contributed by atoms with E-state index in [1.807, 2.05) is 6.92 Å². The lowest BCUT2D eigenvalue weighted by Gasteiger charge is -2.03. The van der Waals surface area contributed by atoms with E-state index in [0.29, 0.717) is 13.0 Å². The Morgan fingerprint density at radius 1 is 1.04 bits per heavy atom. The molecular weight excluding hydrogens is 366 g/mol. The molecule has 0 rings (SSSR count). The summed E-state index contributed by atoms with van der Waals surface area (Å²) in [6.07, 6.45) is 5.60. The first-order valence-corrected chi connectivity index (χ1v) is 8.25. The Morgan fingerprint density at radius 3 is 1.52 bits per heavy atom. The number of nitrogens with zero attached hydrogens (tertiary/aromatic N) is 2. The number of hydrogen-bond acceptors (Lipinski definition) is 10. The van der Waals surface area contributed by atoms with Crippen molar-refractivity contribution in [3.63, 3.8) is 0 Å². The van der Waals surface area contributed by atoms with E-state index in [1.54, 1.807) is 0 Å². The number of carbonyl (C=O) groups is 1. The first-order chi connectivity index (χ1) is 12.7. The van der Waals surface area contributed by atoms with Crippen molar-refractivity contribution in [1.82, 2.24) is 0 Å². The molecule has 0 aliphatic rings. The van der Waals surface area contributed by atoms with Crippen molar-refractivity contribution < 1.29 is 25.4 Å². The van der Waals surface area contributed by atoms with Gasteiger partial charge in [-0.1, -0.05) is 19.8 Å². The third kappa shape index (κ3) is 96.6. The van der Waals surface area contributed by atoms with Gasteiger partial charge in [0.05, 0.1) is 0 Å². The second kappa shape index (κ2) is 39.1. The van der Waals surface area contributed by atoms with Crippen LogP contribution in [-0.2, 0) is 4.79 Å². The van der Waals surface area contributed by atoms with E-state index in [-0.39, 0.29) is 0 Å². The molecule has 0 saturated carbocycles. The highest BCUT2D eigenvalue weighted by Crippen LogP contribution is 1.96. The van der Waals surface area contributed by atoms with E-state index in [0.717, 1.165) is 45.3 Å². The van der Waals surface area contributed by atoms with Gasteiger partial charge in [-0.15, -0.1) is 15.0 Å². The van der Waals surface area contributed by atoms with Crippen molar-refractivity contribution in [3.8, 4) is 0 Å². The van der Waals surface area contributed by atoms with Gasteiger partial charge in [-0.3, -0.25) is 4.79 Å². The zero-order chi connectivity index (χ0) is 22.5. The second-order valence-electron chi connectivity index (χ2n) is 4.59. The number of aliphatic carboxylic acids is 1. The van der Waals surface area contributed by atoms with E-state index < -0.39 is 17.1 Å². The van der Waals surface area contributed by atoms with Crippen LogP contribution in [-0.4, -0.2) is 58.8 Å². The van der Waals surface area contributed by atoms with Crippen LogP contribution in [0, 0.1) is 15.0 Å². The van der Waals surface area contributed by atoms with Gasteiger partial charge in [0, 0.05) is 0 Å². The van der Waals surface area contributed by atoms with Gasteiger partial charge in [0.15, 0.2) is 5.34 Å². The number of carboxylic acids is 1. The Kier molecular flexibility index (Phi) is 52.0. The summed E-state index contributed by atoms with van der Waals surface area (Å²) in [5.74, 6) is -0.933. The van der Waals surface area contributed by atoms with Crippen molar-refractivity contribution in [2.24, 2.45) is 34.0 Å². The molecule has 0 aromatic heterocycles. The number of hydrogen-bond donors (Lipinski definition) is 8. The fourth-order valence-corrected chi connectivity index (χ4v) is 1.10. The summed E-state index contributed by atoms with van der Waals surface area (Å²) in [7, 11) is 0. The molecule has 0 radical (unpaired) electrons. The maximum atomic E-state index is 10.1. The molecular formula is C13H37N7O7. The normalized spacial score (nSPS) is 9.26. The average Bonchev–Trinajstić information content (AvgIpc) is 2.57. The van der Waals surface area contributed by atoms with Gasteiger partial charge >= 0.3 is 5.97 Å². The molecule has 0 spiro atoms. The molecule has 14 nitrogen and oxygen atoms in total. The van der Waals surface area contributed by atoms with E-state index in [1.165, 1.54) is 11.8 Å².